The lowest BCUT2D eigenvalue weighted by Gasteiger charge is -2.34. The molecule has 0 aliphatic heterocycles. The summed E-state index contributed by atoms with van der Waals surface area (Å²) in [6.45, 7) is 6.74. The summed E-state index contributed by atoms with van der Waals surface area (Å²) < 4.78 is 0.865. The van der Waals surface area contributed by atoms with Gasteiger partial charge in [0.25, 0.3) is 0 Å². The van der Waals surface area contributed by atoms with E-state index in [1.54, 1.807) is 0 Å². The van der Waals surface area contributed by atoms with E-state index in [1.807, 2.05) is 6.92 Å². The fourth-order valence-electron chi connectivity index (χ4n) is 3.85. The van der Waals surface area contributed by atoms with Crippen LogP contribution in [0.5, 0.6) is 5.75 Å². The van der Waals surface area contributed by atoms with Gasteiger partial charge in [-0.2, -0.15) is 0 Å². The number of benzene rings is 1. The normalized spacial score (nSPS) is 39.2. The Hall–Kier alpha value is -0.500. The topological polar surface area (TPSA) is 20.2 Å². The Morgan fingerprint density at radius 2 is 2.06 bits per heavy atom. The minimum Gasteiger partial charge on any atom is -0.506 e. The predicted molar refractivity (Wildman–Crippen MR) is 73.3 cm³/mol. The average Bonchev–Trinajstić information content (AvgIpc) is 2.90. The second-order valence-electron chi connectivity index (χ2n) is 6.28. The average molecular weight is 295 g/mol. The maximum atomic E-state index is 10.4. The zero-order valence-corrected chi connectivity index (χ0v) is 12.3. The fourth-order valence-corrected chi connectivity index (χ4v) is 4.20. The van der Waals surface area contributed by atoms with Crippen LogP contribution in [0.1, 0.15) is 44.2 Å². The van der Waals surface area contributed by atoms with Crippen molar-refractivity contribution in [2.45, 2.75) is 45.4 Å². The van der Waals surface area contributed by atoms with Gasteiger partial charge in [0, 0.05) is 11.0 Å². The highest BCUT2D eigenvalue weighted by Gasteiger charge is 2.66. The molecule has 1 nitrogen and oxygen atoms in total. The molecule has 2 aliphatic rings. The van der Waals surface area contributed by atoms with Gasteiger partial charge in [-0.3, -0.25) is 0 Å². The third kappa shape index (κ3) is 1.31. The first-order valence-corrected chi connectivity index (χ1v) is 7.18. The number of hydrogen-bond donors (Lipinski definition) is 1. The highest BCUT2D eigenvalue weighted by molar-refractivity contribution is 9.10. The first kappa shape index (κ1) is 11.6. The number of rotatable bonds is 1. The Balaban J connectivity index is 2.14. The summed E-state index contributed by atoms with van der Waals surface area (Å²) in [6, 6.07) is 4.24. The van der Waals surface area contributed by atoms with E-state index in [9.17, 15) is 5.11 Å². The summed E-state index contributed by atoms with van der Waals surface area (Å²) in [5.74, 6) is 1.34. The van der Waals surface area contributed by atoms with Gasteiger partial charge in [0.1, 0.15) is 5.75 Å². The van der Waals surface area contributed by atoms with Crippen molar-refractivity contribution in [1.82, 2.24) is 0 Å². The molecule has 0 bridgehead atoms. The van der Waals surface area contributed by atoms with Crippen LogP contribution in [0.15, 0.2) is 16.6 Å². The molecule has 0 aromatic heterocycles. The minimum absolute atomic E-state index is 0.151. The number of aromatic hydroxyl groups is 1. The lowest BCUT2D eigenvalue weighted by Crippen LogP contribution is -2.29. The van der Waals surface area contributed by atoms with Crippen molar-refractivity contribution >= 4 is 15.9 Å². The van der Waals surface area contributed by atoms with Crippen molar-refractivity contribution in [1.29, 1.82) is 0 Å². The molecule has 17 heavy (non-hydrogen) atoms. The first-order valence-electron chi connectivity index (χ1n) is 6.39. The number of phenols is 1. The van der Waals surface area contributed by atoms with Crippen molar-refractivity contribution in [3.8, 4) is 5.75 Å². The number of aryl methyl sites for hydroxylation is 1. The molecule has 3 unspecified atom stereocenters. The summed E-state index contributed by atoms with van der Waals surface area (Å²) in [7, 11) is 0. The van der Waals surface area contributed by atoms with Crippen LogP contribution in [0.2, 0.25) is 0 Å². The van der Waals surface area contributed by atoms with Gasteiger partial charge in [0.05, 0.1) is 4.47 Å². The Kier molecular flexibility index (Phi) is 2.24. The van der Waals surface area contributed by atoms with Crippen LogP contribution in [0.25, 0.3) is 0 Å². The molecule has 1 aromatic carbocycles. The largest absolute Gasteiger partial charge is 0.506 e. The van der Waals surface area contributed by atoms with E-state index in [-0.39, 0.29) is 5.41 Å². The molecule has 2 aliphatic carbocycles. The van der Waals surface area contributed by atoms with Crippen molar-refractivity contribution in [3.05, 3.63) is 27.7 Å². The maximum Gasteiger partial charge on any atom is 0.133 e. The Bertz CT molecular complexity index is 494. The molecule has 92 valence electrons. The van der Waals surface area contributed by atoms with Crippen molar-refractivity contribution in [3.63, 3.8) is 0 Å². The third-order valence-electron chi connectivity index (χ3n) is 5.57. The van der Waals surface area contributed by atoms with Crippen LogP contribution in [0.4, 0.5) is 0 Å². The molecular formula is C15H19BrO. The summed E-state index contributed by atoms with van der Waals surface area (Å²) >= 11 is 3.50. The van der Waals surface area contributed by atoms with Gasteiger partial charge in [0.15, 0.2) is 0 Å². The van der Waals surface area contributed by atoms with Crippen molar-refractivity contribution in [2.75, 3.05) is 0 Å². The van der Waals surface area contributed by atoms with Crippen LogP contribution >= 0.6 is 15.9 Å². The van der Waals surface area contributed by atoms with Gasteiger partial charge in [-0.05, 0) is 59.0 Å². The van der Waals surface area contributed by atoms with Gasteiger partial charge < -0.3 is 5.11 Å². The smallest absolute Gasteiger partial charge is 0.133 e. The molecule has 0 saturated heterocycles. The summed E-state index contributed by atoms with van der Waals surface area (Å²) in [6.07, 6.45) is 3.85. The molecule has 2 saturated carbocycles. The molecule has 3 rings (SSSR count). The van der Waals surface area contributed by atoms with E-state index in [1.165, 1.54) is 19.3 Å². The Morgan fingerprint density at radius 1 is 1.35 bits per heavy atom. The number of fused-ring (bicyclic) bond motifs is 1. The Morgan fingerprint density at radius 3 is 2.59 bits per heavy atom. The molecule has 1 N–H and O–H groups in total. The van der Waals surface area contributed by atoms with Gasteiger partial charge >= 0.3 is 0 Å². The number of phenolic OH excluding ortho intramolecular Hbond substituents is 1. The summed E-state index contributed by atoms with van der Waals surface area (Å²) in [4.78, 5) is 0. The third-order valence-corrected chi connectivity index (χ3v) is 6.57. The fraction of sp³-hybridized carbons (Fsp3) is 0.600. The van der Waals surface area contributed by atoms with Gasteiger partial charge in [-0.1, -0.05) is 26.0 Å². The lowest BCUT2D eigenvalue weighted by atomic mass is 9.70. The lowest BCUT2D eigenvalue weighted by molar-refractivity contribution is 0.298. The molecular weight excluding hydrogens is 276 g/mol. The molecule has 0 amide bonds. The molecule has 2 fully saturated rings. The van der Waals surface area contributed by atoms with Gasteiger partial charge in [0.2, 0.25) is 0 Å². The van der Waals surface area contributed by atoms with Crippen LogP contribution in [-0.2, 0) is 5.41 Å². The Labute approximate surface area is 111 Å². The van der Waals surface area contributed by atoms with Crippen LogP contribution in [0.3, 0.4) is 0 Å². The maximum absolute atomic E-state index is 10.4. The van der Waals surface area contributed by atoms with E-state index in [2.05, 4.69) is 41.9 Å². The highest BCUT2D eigenvalue weighted by atomic mass is 79.9. The second-order valence-corrected chi connectivity index (χ2v) is 7.07. The van der Waals surface area contributed by atoms with E-state index >= 15 is 0 Å². The molecule has 0 radical (unpaired) electrons. The summed E-state index contributed by atoms with van der Waals surface area (Å²) in [5.41, 5.74) is 2.81. The molecule has 0 spiro atoms. The van der Waals surface area contributed by atoms with E-state index in [4.69, 9.17) is 0 Å². The molecule has 2 heteroatoms. The minimum atomic E-state index is 0.151. The van der Waals surface area contributed by atoms with Crippen LogP contribution in [-0.4, -0.2) is 5.11 Å². The van der Waals surface area contributed by atoms with Crippen molar-refractivity contribution in [2.24, 2.45) is 11.3 Å². The zero-order valence-electron chi connectivity index (χ0n) is 10.7. The predicted octanol–water partition coefficient (Wildman–Crippen LogP) is 4.54. The van der Waals surface area contributed by atoms with Crippen LogP contribution in [0, 0.1) is 18.3 Å². The standard InChI is InChI=1S/C15H19BrO/c1-9-4-5-11(13(17)12(9)16)14(2)7-6-10-8-15(10,14)3/h4-5,10,17H,6-8H2,1-3H3. The molecule has 0 heterocycles. The SMILES string of the molecule is Cc1ccc(C2(C)CCC3CC32C)c(O)c1Br. The molecule has 1 aromatic rings. The van der Waals surface area contributed by atoms with Gasteiger partial charge in [-0.15, -0.1) is 0 Å². The number of hydrogen-bond acceptors (Lipinski definition) is 1. The zero-order chi connectivity index (χ0) is 12.4. The monoisotopic (exact) mass is 294 g/mol. The van der Waals surface area contributed by atoms with Crippen LogP contribution < -0.4 is 0 Å². The number of halogens is 1. The van der Waals surface area contributed by atoms with E-state index in [0.717, 1.165) is 21.5 Å². The first-order chi connectivity index (χ1) is 7.90. The van der Waals surface area contributed by atoms with Gasteiger partial charge in [-0.25, -0.2) is 0 Å². The summed E-state index contributed by atoms with van der Waals surface area (Å²) in [5, 5.41) is 10.4. The molecule has 3 atom stereocenters. The highest BCUT2D eigenvalue weighted by Crippen LogP contribution is 2.73. The van der Waals surface area contributed by atoms with E-state index < -0.39 is 0 Å². The van der Waals surface area contributed by atoms with Crippen molar-refractivity contribution < 1.29 is 5.11 Å². The second kappa shape index (κ2) is 3.28. The quantitative estimate of drug-likeness (QED) is 0.806. The van der Waals surface area contributed by atoms with E-state index in [0.29, 0.717) is 11.2 Å².